The number of carbonyl (C=O) groups excluding carboxylic acids is 1. The molecule has 0 atom stereocenters. The lowest BCUT2D eigenvalue weighted by Gasteiger charge is -2.31. The second-order valence-corrected chi connectivity index (χ2v) is 7.14. The van der Waals surface area contributed by atoms with Crippen molar-refractivity contribution in [1.29, 1.82) is 0 Å². The summed E-state index contributed by atoms with van der Waals surface area (Å²) in [6.07, 6.45) is 3.37. The van der Waals surface area contributed by atoms with Gasteiger partial charge in [0.1, 0.15) is 11.3 Å². The lowest BCUT2D eigenvalue weighted by atomic mass is 9.92. The Morgan fingerprint density at radius 1 is 1.27 bits per heavy atom. The van der Waals surface area contributed by atoms with E-state index in [0.717, 1.165) is 23.9 Å². The van der Waals surface area contributed by atoms with Gasteiger partial charge in [-0.1, -0.05) is 16.8 Å². The van der Waals surface area contributed by atoms with E-state index in [1.54, 1.807) is 20.0 Å². The molecule has 0 unspecified atom stereocenters. The molecule has 0 radical (unpaired) electrons. The number of carbonyl (C=O) groups is 1. The van der Waals surface area contributed by atoms with Gasteiger partial charge in [0.05, 0.1) is 10.7 Å². The molecule has 7 heteroatoms. The number of rotatable bonds is 2. The van der Waals surface area contributed by atoms with Gasteiger partial charge in [-0.15, -0.1) is 0 Å². The minimum absolute atomic E-state index is 0.00230. The maximum Gasteiger partial charge on any atom is 0.259 e. The lowest BCUT2D eigenvalue weighted by Crippen LogP contribution is -2.38. The molecule has 3 aromatic rings. The van der Waals surface area contributed by atoms with Gasteiger partial charge in [-0.05, 0) is 44.9 Å². The number of pyridine rings is 2. The van der Waals surface area contributed by atoms with Crippen molar-refractivity contribution in [1.82, 2.24) is 20.0 Å². The van der Waals surface area contributed by atoms with E-state index in [0.29, 0.717) is 46.7 Å². The monoisotopic (exact) mass is 370 g/mol. The van der Waals surface area contributed by atoms with Gasteiger partial charge in [0.25, 0.3) is 5.91 Å². The summed E-state index contributed by atoms with van der Waals surface area (Å²) >= 11 is 5.98. The average Bonchev–Trinajstić information content (AvgIpc) is 2.99. The highest BCUT2D eigenvalue weighted by Gasteiger charge is 2.28. The Morgan fingerprint density at radius 2 is 2.04 bits per heavy atom. The lowest BCUT2D eigenvalue weighted by molar-refractivity contribution is 0.0709. The van der Waals surface area contributed by atoms with Crippen LogP contribution in [-0.2, 0) is 0 Å². The van der Waals surface area contributed by atoms with E-state index in [4.69, 9.17) is 16.1 Å². The standard InChI is InChI=1S/C19H19ClN4O2/c1-11-17(12(2)26-23-11)19(25)24-7-5-13(6-8-24)16-4-3-14-9-15(20)10-21-18(14)22-16/h3-4,9-10,13H,5-8H2,1-2H3. The molecule has 0 saturated carbocycles. The topological polar surface area (TPSA) is 72.1 Å². The fraction of sp³-hybridized carbons (Fsp3) is 0.368. The van der Waals surface area contributed by atoms with E-state index in [9.17, 15) is 4.79 Å². The number of aryl methyl sites for hydroxylation is 2. The van der Waals surface area contributed by atoms with Gasteiger partial charge in [-0.3, -0.25) is 4.79 Å². The van der Waals surface area contributed by atoms with Gasteiger partial charge in [0, 0.05) is 36.3 Å². The maximum absolute atomic E-state index is 12.7. The quantitative estimate of drug-likeness (QED) is 0.683. The van der Waals surface area contributed by atoms with Gasteiger partial charge >= 0.3 is 0 Å². The molecule has 6 nitrogen and oxygen atoms in total. The summed E-state index contributed by atoms with van der Waals surface area (Å²) in [5.41, 5.74) is 2.97. The first-order valence-corrected chi connectivity index (χ1v) is 9.05. The number of amides is 1. The zero-order chi connectivity index (χ0) is 18.3. The molecule has 1 aliphatic rings. The molecular weight excluding hydrogens is 352 g/mol. The average molecular weight is 371 g/mol. The molecule has 4 heterocycles. The molecule has 1 amide bonds. The number of hydrogen-bond acceptors (Lipinski definition) is 5. The van der Waals surface area contributed by atoms with Gasteiger partial charge in [-0.2, -0.15) is 0 Å². The molecule has 1 fully saturated rings. The van der Waals surface area contributed by atoms with Crippen LogP contribution >= 0.6 is 11.6 Å². The predicted molar refractivity (Wildman–Crippen MR) is 98.4 cm³/mol. The zero-order valence-electron chi connectivity index (χ0n) is 14.7. The van der Waals surface area contributed by atoms with Crippen molar-refractivity contribution in [2.75, 3.05) is 13.1 Å². The summed E-state index contributed by atoms with van der Waals surface area (Å²) in [4.78, 5) is 23.6. The Kier molecular flexibility index (Phi) is 4.36. The number of likely N-dealkylation sites (tertiary alicyclic amines) is 1. The van der Waals surface area contributed by atoms with Crippen LogP contribution in [0.2, 0.25) is 5.02 Å². The summed E-state index contributed by atoms with van der Waals surface area (Å²) < 4.78 is 5.12. The van der Waals surface area contributed by atoms with Crippen molar-refractivity contribution in [2.45, 2.75) is 32.6 Å². The van der Waals surface area contributed by atoms with E-state index in [-0.39, 0.29) is 5.91 Å². The van der Waals surface area contributed by atoms with Crippen LogP contribution in [0.25, 0.3) is 11.0 Å². The van der Waals surface area contributed by atoms with Crippen LogP contribution in [0.15, 0.2) is 28.9 Å². The highest BCUT2D eigenvalue weighted by molar-refractivity contribution is 6.31. The largest absolute Gasteiger partial charge is 0.361 e. The summed E-state index contributed by atoms with van der Waals surface area (Å²) in [5.74, 6) is 0.906. The first-order chi connectivity index (χ1) is 12.5. The van der Waals surface area contributed by atoms with Crippen molar-refractivity contribution in [3.05, 3.63) is 52.1 Å². The SMILES string of the molecule is Cc1noc(C)c1C(=O)N1CCC(c2ccc3cc(Cl)cnc3n2)CC1. The van der Waals surface area contributed by atoms with Crippen LogP contribution in [0.4, 0.5) is 0 Å². The van der Waals surface area contributed by atoms with Crippen LogP contribution < -0.4 is 0 Å². The fourth-order valence-electron chi connectivity index (χ4n) is 3.55. The normalized spacial score (nSPS) is 15.6. The third-order valence-corrected chi connectivity index (χ3v) is 5.18. The van der Waals surface area contributed by atoms with E-state index in [2.05, 4.69) is 15.1 Å². The molecule has 1 saturated heterocycles. The number of halogens is 1. The Balaban J connectivity index is 1.48. The van der Waals surface area contributed by atoms with E-state index in [1.807, 2.05) is 23.1 Å². The predicted octanol–water partition coefficient (Wildman–Crippen LogP) is 3.91. The number of piperidine rings is 1. The minimum Gasteiger partial charge on any atom is -0.361 e. The summed E-state index contributed by atoms with van der Waals surface area (Å²) in [6.45, 7) is 4.97. The van der Waals surface area contributed by atoms with Crippen molar-refractivity contribution >= 4 is 28.5 Å². The highest BCUT2D eigenvalue weighted by atomic mass is 35.5. The van der Waals surface area contributed by atoms with Gasteiger partial charge in [0.2, 0.25) is 0 Å². The highest BCUT2D eigenvalue weighted by Crippen LogP contribution is 2.29. The second-order valence-electron chi connectivity index (χ2n) is 6.70. The van der Waals surface area contributed by atoms with Crippen LogP contribution in [0, 0.1) is 13.8 Å². The molecule has 3 aromatic heterocycles. The zero-order valence-corrected chi connectivity index (χ0v) is 15.5. The summed E-state index contributed by atoms with van der Waals surface area (Å²) in [7, 11) is 0. The van der Waals surface area contributed by atoms with Crippen LogP contribution in [0.1, 0.15) is 46.3 Å². The van der Waals surface area contributed by atoms with E-state index >= 15 is 0 Å². The molecule has 0 bridgehead atoms. The summed E-state index contributed by atoms with van der Waals surface area (Å²) in [6, 6.07) is 5.92. The van der Waals surface area contributed by atoms with Crippen molar-refractivity contribution in [3.8, 4) is 0 Å². The van der Waals surface area contributed by atoms with Gasteiger partial charge in [0.15, 0.2) is 5.65 Å². The van der Waals surface area contributed by atoms with Crippen molar-refractivity contribution < 1.29 is 9.32 Å². The van der Waals surface area contributed by atoms with Crippen LogP contribution in [0.3, 0.4) is 0 Å². The van der Waals surface area contributed by atoms with Crippen molar-refractivity contribution in [3.63, 3.8) is 0 Å². The summed E-state index contributed by atoms with van der Waals surface area (Å²) in [5, 5.41) is 5.43. The van der Waals surface area contributed by atoms with Gasteiger partial charge < -0.3 is 9.42 Å². The number of fused-ring (bicyclic) bond motifs is 1. The molecule has 1 aliphatic heterocycles. The maximum atomic E-state index is 12.7. The Bertz CT molecular complexity index is 957. The third kappa shape index (κ3) is 3.05. The van der Waals surface area contributed by atoms with Crippen LogP contribution in [-0.4, -0.2) is 39.0 Å². The third-order valence-electron chi connectivity index (χ3n) is 4.98. The van der Waals surface area contributed by atoms with E-state index < -0.39 is 0 Å². The Morgan fingerprint density at radius 3 is 2.73 bits per heavy atom. The van der Waals surface area contributed by atoms with E-state index in [1.165, 1.54) is 0 Å². The Labute approximate surface area is 156 Å². The van der Waals surface area contributed by atoms with Crippen LogP contribution in [0.5, 0.6) is 0 Å². The Hall–Kier alpha value is -2.47. The number of aromatic nitrogens is 3. The second kappa shape index (κ2) is 6.68. The van der Waals surface area contributed by atoms with Crippen molar-refractivity contribution in [2.24, 2.45) is 0 Å². The number of hydrogen-bond donors (Lipinski definition) is 0. The molecule has 0 aromatic carbocycles. The first-order valence-electron chi connectivity index (χ1n) is 8.67. The first kappa shape index (κ1) is 17.0. The fourth-order valence-corrected chi connectivity index (χ4v) is 3.72. The molecule has 0 N–H and O–H groups in total. The molecule has 26 heavy (non-hydrogen) atoms. The number of nitrogens with zero attached hydrogens (tertiary/aromatic N) is 4. The molecule has 0 spiro atoms. The van der Waals surface area contributed by atoms with Gasteiger partial charge in [-0.25, -0.2) is 9.97 Å². The smallest absolute Gasteiger partial charge is 0.259 e. The molecular formula is C19H19ClN4O2. The molecule has 0 aliphatic carbocycles. The molecule has 4 rings (SSSR count). The molecule has 134 valence electrons. The minimum atomic E-state index is 0.00230.